The number of likely N-dealkylation sites (N-methyl/N-ethyl adjacent to an activating group) is 1. The van der Waals surface area contributed by atoms with Gasteiger partial charge in [0, 0.05) is 13.1 Å². The molecule has 1 heterocycles. The smallest absolute Gasteiger partial charge is 0.323 e. The highest BCUT2D eigenvalue weighted by Crippen LogP contribution is 2.08. The zero-order valence-corrected chi connectivity index (χ0v) is 12.4. The Labute approximate surface area is 120 Å². The van der Waals surface area contributed by atoms with Crippen molar-refractivity contribution in [2.75, 3.05) is 33.7 Å². The molecule has 0 saturated carbocycles. The van der Waals surface area contributed by atoms with Crippen LogP contribution in [0.25, 0.3) is 0 Å². The molecule has 0 spiro atoms. The van der Waals surface area contributed by atoms with Crippen molar-refractivity contribution in [3.63, 3.8) is 0 Å². The van der Waals surface area contributed by atoms with Gasteiger partial charge in [-0.15, -0.1) is 0 Å². The quantitative estimate of drug-likeness (QED) is 0.786. The average Bonchev–Trinajstić information content (AvgIpc) is 2.33. The van der Waals surface area contributed by atoms with Crippen LogP contribution in [0.4, 0.5) is 0 Å². The molecule has 0 aromatic carbocycles. The van der Waals surface area contributed by atoms with Gasteiger partial charge in [0.15, 0.2) is 0 Å². The SMILES string of the molecule is CN(C)CCN(CC(=O)O)C(=O)c1cccc(Br)n1. The maximum Gasteiger partial charge on any atom is 0.323 e. The Morgan fingerprint density at radius 3 is 2.53 bits per heavy atom. The molecule has 0 fully saturated rings. The largest absolute Gasteiger partial charge is 0.480 e. The number of carboxylic acid groups (broad SMARTS) is 1. The summed E-state index contributed by atoms with van der Waals surface area (Å²) in [6.07, 6.45) is 0. The number of aromatic nitrogens is 1. The van der Waals surface area contributed by atoms with Crippen LogP contribution >= 0.6 is 15.9 Å². The maximum atomic E-state index is 12.2. The van der Waals surface area contributed by atoms with Crippen molar-refractivity contribution >= 4 is 27.8 Å². The molecular formula is C12H16BrN3O3. The fraction of sp³-hybridized carbons (Fsp3) is 0.417. The Hall–Kier alpha value is -1.47. The van der Waals surface area contributed by atoms with E-state index in [1.54, 1.807) is 18.2 Å². The van der Waals surface area contributed by atoms with Crippen LogP contribution in [0.3, 0.4) is 0 Å². The van der Waals surface area contributed by atoms with Gasteiger partial charge in [-0.2, -0.15) is 0 Å². The topological polar surface area (TPSA) is 73.7 Å². The number of carbonyl (C=O) groups is 2. The van der Waals surface area contributed by atoms with Crippen LogP contribution in [0.2, 0.25) is 0 Å². The van der Waals surface area contributed by atoms with Gasteiger partial charge in [0.2, 0.25) is 0 Å². The predicted molar refractivity (Wildman–Crippen MR) is 74.0 cm³/mol. The Balaban J connectivity index is 2.83. The zero-order valence-electron chi connectivity index (χ0n) is 10.8. The summed E-state index contributed by atoms with van der Waals surface area (Å²) in [6, 6.07) is 4.96. The molecular weight excluding hydrogens is 314 g/mol. The molecule has 0 radical (unpaired) electrons. The Morgan fingerprint density at radius 2 is 2.00 bits per heavy atom. The molecule has 0 aliphatic carbocycles. The first-order valence-electron chi connectivity index (χ1n) is 5.68. The van der Waals surface area contributed by atoms with Crippen LogP contribution in [-0.4, -0.2) is 65.5 Å². The lowest BCUT2D eigenvalue weighted by molar-refractivity contribution is -0.137. The minimum Gasteiger partial charge on any atom is -0.480 e. The van der Waals surface area contributed by atoms with Crippen molar-refractivity contribution in [3.8, 4) is 0 Å². The van der Waals surface area contributed by atoms with Crippen LogP contribution in [0.15, 0.2) is 22.8 Å². The van der Waals surface area contributed by atoms with Gasteiger partial charge in [0.1, 0.15) is 16.8 Å². The molecule has 1 N–H and O–H groups in total. The van der Waals surface area contributed by atoms with Gasteiger partial charge >= 0.3 is 5.97 Å². The van der Waals surface area contributed by atoms with Gasteiger partial charge in [-0.1, -0.05) is 6.07 Å². The summed E-state index contributed by atoms with van der Waals surface area (Å²) in [5.74, 6) is -1.42. The van der Waals surface area contributed by atoms with Gasteiger partial charge in [-0.3, -0.25) is 9.59 Å². The number of rotatable bonds is 6. The Kier molecular flexibility index (Phi) is 5.91. The predicted octanol–water partition coefficient (Wildman–Crippen LogP) is 0.933. The van der Waals surface area contributed by atoms with Crippen molar-refractivity contribution in [2.24, 2.45) is 0 Å². The first-order valence-corrected chi connectivity index (χ1v) is 6.48. The van der Waals surface area contributed by atoms with Gasteiger partial charge in [-0.05, 0) is 42.2 Å². The van der Waals surface area contributed by atoms with Gasteiger partial charge in [0.25, 0.3) is 5.91 Å². The van der Waals surface area contributed by atoms with Crippen molar-refractivity contribution < 1.29 is 14.7 Å². The van der Waals surface area contributed by atoms with Crippen LogP contribution in [0.1, 0.15) is 10.5 Å². The van der Waals surface area contributed by atoms with E-state index in [1.807, 2.05) is 19.0 Å². The van der Waals surface area contributed by atoms with Crippen molar-refractivity contribution in [1.82, 2.24) is 14.8 Å². The fourth-order valence-electron chi connectivity index (χ4n) is 1.43. The fourth-order valence-corrected chi connectivity index (χ4v) is 1.77. The van der Waals surface area contributed by atoms with E-state index in [9.17, 15) is 9.59 Å². The Bertz CT molecular complexity index is 465. The molecule has 19 heavy (non-hydrogen) atoms. The van der Waals surface area contributed by atoms with E-state index < -0.39 is 5.97 Å². The number of nitrogens with zero attached hydrogens (tertiary/aromatic N) is 3. The number of amides is 1. The molecule has 1 aromatic rings. The van der Waals surface area contributed by atoms with Crippen molar-refractivity contribution in [2.45, 2.75) is 0 Å². The van der Waals surface area contributed by atoms with Crippen LogP contribution in [0.5, 0.6) is 0 Å². The van der Waals surface area contributed by atoms with E-state index in [0.29, 0.717) is 17.7 Å². The maximum absolute atomic E-state index is 12.2. The first-order chi connectivity index (χ1) is 8.90. The van der Waals surface area contributed by atoms with Crippen LogP contribution < -0.4 is 0 Å². The van der Waals surface area contributed by atoms with Crippen molar-refractivity contribution in [1.29, 1.82) is 0 Å². The lowest BCUT2D eigenvalue weighted by atomic mass is 10.3. The van der Waals surface area contributed by atoms with Gasteiger partial charge < -0.3 is 14.9 Å². The summed E-state index contributed by atoms with van der Waals surface area (Å²) in [7, 11) is 3.72. The highest BCUT2D eigenvalue weighted by Gasteiger charge is 2.19. The highest BCUT2D eigenvalue weighted by molar-refractivity contribution is 9.10. The number of aliphatic carboxylic acids is 1. The lowest BCUT2D eigenvalue weighted by Gasteiger charge is -2.22. The molecule has 0 aliphatic heterocycles. The summed E-state index contributed by atoms with van der Waals surface area (Å²) in [4.78, 5) is 30.2. The van der Waals surface area contributed by atoms with Crippen LogP contribution in [-0.2, 0) is 4.79 Å². The molecule has 0 saturated heterocycles. The van der Waals surface area contributed by atoms with Crippen molar-refractivity contribution in [3.05, 3.63) is 28.5 Å². The number of carbonyl (C=O) groups excluding carboxylic acids is 1. The number of hydrogen-bond acceptors (Lipinski definition) is 4. The monoisotopic (exact) mass is 329 g/mol. The van der Waals surface area contributed by atoms with Crippen LogP contribution in [0, 0.1) is 0 Å². The molecule has 7 heteroatoms. The third kappa shape index (κ3) is 5.35. The molecule has 1 aromatic heterocycles. The molecule has 1 rings (SSSR count). The van der Waals surface area contributed by atoms with E-state index >= 15 is 0 Å². The summed E-state index contributed by atoms with van der Waals surface area (Å²) < 4.78 is 0.543. The lowest BCUT2D eigenvalue weighted by Crippen LogP contribution is -2.40. The Morgan fingerprint density at radius 1 is 1.32 bits per heavy atom. The number of halogens is 1. The second kappa shape index (κ2) is 7.20. The van der Waals surface area contributed by atoms with E-state index in [1.165, 1.54) is 4.90 Å². The summed E-state index contributed by atoms with van der Waals surface area (Å²) in [5, 5.41) is 8.86. The normalized spacial score (nSPS) is 10.5. The number of carboxylic acids is 1. The minimum atomic E-state index is -1.04. The molecule has 0 unspecified atom stereocenters. The average molecular weight is 330 g/mol. The number of hydrogen-bond donors (Lipinski definition) is 1. The first kappa shape index (κ1) is 15.6. The highest BCUT2D eigenvalue weighted by atomic mass is 79.9. The molecule has 1 amide bonds. The van der Waals surface area contributed by atoms with Gasteiger partial charge in [0.05, 0.1) is 0 Å². The summed E-state index contributed by atoms with van der Waals surface area (Å²) in [5.41, 5.74) is 0.231. The molecule has 104 valence electrons. The second-order valence-electron chi connectivity index (χ2n) is 4.27. The third-order valence-electron chi connectivity index (χ3n) is 2.36. The molecule has 0 bridgehead atoms. The number of pyridine rings is 1. The van der Waals surface area contributed by atoms with Gasteiger partial charge in [-0.25, -0.2) is 4.98 Å². The van der Waals surface area contributed by atoms with E-state index in [4.69, 9.17) is 5.11 Å². The third-order valence-corrected chi connectivity index (χ3v) is 2.81. The summed E-state index contributed by atoms with van der Waals surface area (Å²) in [6.45, 7) is 0.597. The second-order valence-corrected chi connectivity index (χ2v) is 5.08. The molecule has 0 aliphatic rings. The minimum absolute atomic E-state index is 0.231. The molecule has 6 nitrogen and oxygen atoms in total. The van der Waals surface area contributed by atoms with E-state index in [0.717, 1.165) is 0 Å². The summed E-state index contributed by atoms with van der Waals surface area (Å²) >= 11 is 3.19. The van der Waals surface area contributed by atoms with E-state index in [2.05, 4.69) is 20.9 Å². The van der Waals surface area contributed by atoms with E-state index in [-0.39, 0.29) is 18.1 Å². The molecule has 0 atom stereocenters. The standard InChI is InChI=1S/C12H16BrN3O3/c1-15(2)6-7-16(8-11(17)18)12(19)9-4-3-5-10(13)14-9/h3-5H,6-8H2,1-2H3,(H,17,18). The zero-order chi connectivity index (χ0) is 14.4.